The number of nitrogens with one attached hydrogen (secondary N) is 1. The maximum atomic E-state index is 12.9. The number of halogens is 2. The molecule has 204 valence electrons. The van der Waals surface area contributed by atoms with Crippen molar-refractivity contribution in [3.05, 3.63) is 61.9 Å². The maximum Gasteiger partial charge on any atom is 0.408 e. The Bertz CT molecular complexity index is 1130. The predicted octanol–water partition coefficient (Wildman–Crippen LogP) is 8.14. The molecular formula is C26H36Cl2N2O5SSi. The summed E-state index contributed by atoms with van der Waals surface area (Å²) in [6.45, 7) is 17.0. The van der Waals surface area contributed by atoms with Crippen molar-refractivity contribution < 1.29 is 23.4 Å². The van der Waals surface area contributed by atoms with Crippen molar-refractivity contribution in [2.75, 3.05) is 6.61 Å². The number of alkyl carbamates (subject to hydrolysis) is 1. The van der Waals surface area contributed by atoms with Gasteiger partial charge in [0, 0.05) is 12.2 Å². The minimum absolute atomic E-state index is 0.0920. The van der Waals surface area contributed by atoms with Gasteiger partial charge < -0.3 is 24.0 Å². The Morgan fingerprint density at radius 1 is 1.16 bits per heavy atom. The molecule has 3 rings (SSSR count). The van der Waals surface area contributed by atoms with Crippen molar-refractivity contribution in [2.45, 2.75) is 84.0 Å². The van der Waals surface area contributed by atoms with Crippen molar-refractivity contribution in [3.63, 3.8) is 0 Å². The van der Waals surface area contributed by atoms with Crippen LogP contribution in [0, 0.1) is 0 Å². The van der Waals surface area contributed by atoms with E-state index >= 15 is 0 Å². The molecule has 2 aromatic heterocycles. The zero-order valence-electron chi connectivity index (χ0n) is 22.6. The van der Waals surface area contributed by atoms with Crippen molar-refractivity contribution in [2.24, 2.45) is 0 Å². The lowest BCUT2D eigenvalue weighted by Crippen LogP contribution is -2.41. The van der Waals surface area contributed by atoms with Crippen LogP contribution in [0.15, 0.2) is 30.7 Å². The average molecular weight is 588 g/mol. The summed E-state index contributed by atoms with van der Waals surface area (Å²) in [5, 5.41) is 3.36. The standard InChI is InChI=1S/C26H36Cl2N2O5SSi/c1-25(2,3)35-24(31)30-21(17-15-18(36-22(17)28)23-32-13-14-33-23)20-16(9-10-19(27)29-20)11-12-34-37(7,8)26(4,5)6/h9-10,13-15,21,23H,11-12H2,1-8H3,(H,30,31). The van der Waals surface area contributed by atoms with Crippen LogP contribution in [0.5, 0.6) is 0 Å². The Morgan fingerprint density at radius 3 is 2.41 bits per heavy atom. The first-order valence-corrected chi connectivity index (χ1v) is 16.6. The van der Waals surface area contributed by atoms with E-state index in [9.17, 15) is 4.79 Å². The van der Waals surface area contributed by atoms with E-state index in [1.807, 2.05) is 12.1 Å². The van der Waals surface area contributed by atoms with Crippen LogP contribution in [0.4, 0.5) is 4.79 Å². The second-order valence-corrected chi connectivity index (χ2v) is 18.3. The lowest BCUT2D eigenvalue weighted by molar-refractivity contribution is -0.0217. The van der Waals surface area contributed by atoms with Crippen molar-refractivity contribution in [1.82, 2.24) is 10.3 Å². The number of hydrogen-bond acceptors (Lipinski definition) is 7. The highest BCUT2D eigenvalue weighted by molar-refractivity contribution is 7.16. The summed E-state index contributed by atoms with van der Waals surface area (Å²) in [5.74, 6) is 0. The van der Waals surface area contributed by atoms with Gasteiger partial charge in [-0.05, 0) is 63.0 Å². The van der Waals surface area contributed by atoms with Crippen LogP contribution in [-0.2, 0) is 25.1 Å². The fourth-order valence-corrected chi connectivity index (χ4v) is 5.90. The number of nitrogens with zero attached hydrogens (tertiary/aromatic N) is 1. The van der Waals surface area contributed by atoms with Gasteiger partial charge in [-0.1, -0.05) is 50.0 Å². The van der Waals surface area contributed by atoms with Gasteiger partial charge in [0.1, 0.15) is 29.3 Å². The molecule has 0 aliphatic carbocycles. The molecule has 0 saturated carbocycles. The van der Waals surface area contributed by atoms with Crippen LogP contribution in [0.2, 0.25) is 27.6 Å². The number of thiophene rings is 1. The zero-order valence-corrected chi connectivity index (χ0v) is 25.9. The Kier molecular flexibility index (Phi) is 9.28. The van der Waals surface area contributed by atoms with E-state index in [0.29, 0.717) is 33.8 Å². The van der Waals surface area contributed by atoms with E-state index in [1.54, 1.807) is 26.8 Å². The average Bonchev–Trinajstić information content (AvgIpc) is 3.41. The number of amides is 1. The summed E-state index contributed by atoms with van der Waals surface area (Å²) in [4.78, 5) is 18.3. The molecule has 1 aliphatic rings. The molecule has 3 heterocycles. The molecule has 0 spiro atoms. The summed E-state index contributed by atoms with van der Waals surface area (Å²) >= 11 is 14.4. The summed E-state index contributed by atoms with van der Waals surface area (Å²) in [5.41, 5.74) is 1.43. The molecule has 1 aliphatic heterocycles. The first-order chi connectivity index (χ1) is 17.1. The number of ether oxygens (including phenoxy) is 3. The zero-order chi connectivity index (χ0) is 27.6. The molecule has 7 nitrogen and oxygen atoms in total. The third kappa shape index (κ3) is 7.86. The van der Waals surface area contributed by atoms with Crippen LogP contribution >= 0.6 is 34.5 Å². The number of hydrogen-bond donors (Lipinski definition) is 1. The van der Waals surface area contributed by atoms with Gasteiger partial charge in [0.25, 0.3) is 6.29 Å². The molecule has 0 saturated heterocycles. The van der Waals surface area contributed by atoms with Gasteiger partial charge in [0.2, 0.25) is 0 Å². The van der Waals surface area contributed by atoms with Crippen LogP contribution in [0.1, 0.15) is 75.6 Å². The highest BCUT2D eigenvalue weighted by Gasteiger charge is 2.37. The van der Waals surface area contributed by atoms with Gasteiger partial charge in [-0.2, -0.15) is 0 Å². The van der Waals surface area contributed by atoms with Crippen LogP contribution in [-0.4, -0.2) is 31.6 Å². The number of carbonyl (C=O) groups excluding carboxylic acids is 1. The molecule has 1 N–H and O–H groups in total. The second kappa shape index (κ2) is 11.5. The fourth-order valence-electron chi connectivity index (χ4n) is 3.38. The number of rotatable bonds is 8. The lowest BCUT2D eigenvalue weighted by atomic mass is 9.99. The highest BCUT2D eigenvalue weighted by Crippen LogP contribution is 2.41. The molecule has 2 aromatic rings. The minimum atomic E-state index is -1.94. The van der Waals surface area contributed by atoms with Gasteiger partial charge in [0.05, 0.1) is 14.9 Å². The molecule has 1 amide bonds. The summed E-state index contributed by atoms with van der Waals surface area (Å²) in [6.07, 6.45) is 2.36. The van der Waals surface area contributed by atoms with Crippen LogP contribution in [0.3, 0.4) is 0 Å². The minimum Gasteiger partial charge on any atom is -0.454 e. The van der Waals surface area contributed by atoms with E-state index in [2.05, 4.69) is 44.2 Å². The van der Waals surface area contributed by atoms with E-state index < -0.39 is 32.3 Å². The molecule has 1 unspecified atom stereocenters. The number of aromatic nitrogens is 1. The largest absolute Gasteiger partial charge is 0.454 e. The molecule has 0 bridgehead atoms. The maximum absolute atomic E-state index is 12.9. The van der Waals surface area contributed by atoms with Crippen molar-refractivity contribution in [1.29, 1.82) is 0 Å². The molecule has 0 aromatic carbocycles. The van der Waals surface area contributed by atoms with E-state index in [4.69, 9.17) is 41.8 Å². The second-order valence-electron chi connectivity index (χ2n) is 11.4. The summed E-state index contributed by atoms with van der Waals surface area (Å²) in [6, 6.07) is 4.79. The first kappa shape index (κ1) is 29.8. The van der Waals surface area contributed by atoms with Crippen LogP contribution < -0.4 is 5.32 Å². The van der Waals surface area contributed by atoms with E-state index in [-0.39, 0.29) is 5.04 Å². The first-order valence-electron chi connectivity index (χ1n) is 12.1. The monoisotopic (exact) mass is 586 g/mol. The quantitative estimate of drug-likeness (QED) is 0.248. The molecular weight excluding hydrogens is 551 g/mol. The fraction of sp³-hybridized carbons (Fsp3) is 0.538. The Hall–Kier alpha value is -1.78. The lowest BCUT2D eigenvalue weighted by Gasteiger charge is -2.36. The number of carbonyl (C=O) groups is 1. The molecule has 0 fully saturated rings. The molecule has 1 atom stereocenters. The highest BCUT2D eigenvalue weighted by atomic mass is 35.5. The van der Waals surface area contributed by atoms with Crippen molar-refractivity contribution in [3.8, 4) is 0 Å². The predicted molar refractivity (Wildman–Crippen MR) is 151 cm³/mol. The normalized spacial score (nSPS) is 15.3. The van der Waals surface area contributed by atoms with Crippen LogP contribution in [0.25, 0.3) is 0 Å². The third-order valence-electron chi connectivity index (χ3n) is 6.29. The molecule has 37 heavy (non-hydrogen) atoms. The van der Waals surface area contributed by atoms with E-state index in [1.165, 1.54) is 23.9 Å². The van der Waals surface area contributed by atoms with Gasteiger partial charge >= 0.3 is 6.09 Å². The Morgan fingerprint density at radius 2 is 1.81 bits per heavy atom. The Labute approximate surface area is 234 Å². The van der Waals surface area contributed by atoms with E-state index in [0.717, 1.165) is 10.4 Å². The number of pyridine rings is 1. The third-order valence-corrected chi connectivity index (χ3v) is 12.4. The van der Waals surface area contributed by atoms with Gasteiger partial charge in [0.15, 0.2) is 8.32 Å². The summed E-state index contributed by atoms with van der Waals surface area (Å²) < 4.78 is 23.4. The van der Waals surface area contributed by atoms with Gasteiger partial charge in [-0.25, -0.2) is 9.78 Å². The molecule has 11 heteroatoms. The van der Waals surface area contributed by atoms with Gasteiger partial charge in [-0.15, -0.1) is 11.3 Å². The summed E-state index contributed by atoms with van der Waals surface area (Å²) in [7, 11) is -1.94. The topological polar surface area (TPSA) is 78.9 Å². The SMILES string of the molecule is CC(C)(C)OC(=O)NC(c1cc(C2OC=CO2)sc1Cl)c1nc(Cl)ccc1CCO[Si](C)(C)C(C)(C)C. The smallest absolute Gasteiger partial charge is 0.408 e. The van der Waals surface area contributed by atoms with Crippen molar-refractivity contribution >= 4 is 48.9 Å². The molecule has 0 radical (unpaired) electrons. The van der Waals surface area contributed by atoms with Gasteiger partial charge in [-0.3, -0.25) is 0 Å². The Balaban J connectivity index is 1.97.